The van der Waals surface area contributed by atoms with Crippen molar-refractivity contribution >= 4 is 63.6 Å². The Morgan fingerprint density at radius 2 is 1.73 bits per heavy atom. The molecule has 3 aromatic rings. The molecule has 3 N–H and O–H groups in total. The van der Waals surface area contributed by atoms with Crippen LogP contribution < -0.4 is 11.3 Å². The highest BCUT2D eigenvalue weighted by molar-refractivity contribution is 6.67. The predicted octanol–water partition coefficient (Wildman–Crippen LogP) is 5.64. The van der Waals surface area contributed by atoms with Gasteiger partial charge in [0.05, 0.1) is 11.4 Å². The van der Waals surface area contributed by atoms with Crippen molar-refractivity contribution in [1.82, 2.24) is 9.78 Å². The molecule has 0 aliphatic rings. The van der Waals surface area contributed by atoms with Gasteiger partial charge in [-0.3, -0.25) is 9.89 Å². The molecule has 0 unspecified atom stereocenters. The number of halogens is 4. The Morgan fingerprint density at radius 1 is 1.04 bits per heavy atom. The van der Waals surface area contributed by atoms with Gasteiger partial charge in [-0.2, -0.15) is 5.11 Å². The highest BCUT2D eigenvalue weighted by atomic mass is 35.6. The van der Waals surface area contributed by atoms with Crippen molar-refractivity contribution in [2.45, 2.75) is 3.79 Å². The van der Waals surface area contributed by atoms with Crippen LogP contribution in [0.3, 0.4) is 0 Å². The van der Waals surface area contributed by atoms with Crippen LogP contribution in [0.2, 0.25) is 5.02 Å². The van der Waals surface area contributed by atoms with Gasteiger partial charge in [-0.25, -0.2) is 4.68 Å². The van der Waals surface area contributed by atoms with Crippen molar-refractivity contribution in [3.8, 4) is 5.69 Å². The molecule has 0 saturated heterocycles. The number of hydrogen-bond acceptors (Lipinski definition) is 4. The van der Waals surface area contributed by atoms with Crippen LogP contribution in [0.25, 0.3) is 5.69 Å². The molecule has 0 amide bonds. The van der Waals surface area contributed by atoms with E-state index in [9.17, 15) is 4.79 Å². The third-order valence-corrected chi connectivity index (χ3v) is 4.37. The lowest BCUT2D eigenvalue weighted by atomic mass is 10.2. The number of aromatic amines is 1. The first-order chi connectivity index (χ1) is 12.3. The second-order valence-corrected chi connectivity index (χ2v) is 7.90. The quantitative estimate of drug-likeness (QED) is 0.415. The van der Waals surface area contributed by atoms with Gasteiger partial charge >= 0.3 is 5.56 Å². The number of rotatable bonds is 3. The number of benzene rings is 2. The molecule has 6 nitrogen and oxygen atoms in total. The summed E-state index contributed by atoms with van der Waals surface area (Å²) >= 11 is 23.6. The number of aromatic nitrogens is 2. The van der Waals surface area contributed by atoms with E-state index in [1.165, 1.54) is 16.8 Å². The van der Waals surface area contributed by atoms with Crippen molar-refractivity contribution in [3.63, 3.8) is 0 Å². The summed E-state index contributed by atoms with van der Waals surface area (Å²) < 4.78 is -0.436. The molecule has 2 aromatic carbocycles. The first kappa shape index (κ1) is 18.8. The average Bonchev–Trinajstić information content (AvgIpc) is 2.88. The van der Waals surface area contributed by atoms with E-state index in [1.807, 2.05) is 6.07 Å². The highest BCUT2D eigenvalue weighted by Gasteiger charge is 2.26. The minimum Gasteiger partial charge on any atom is -0.382 e. The van der Waals surface area contributed by atoms with Gasteiger partial charge in [-0.15, -0.1) is 5.11 Å². The van der Waals surface area contributed by atoms with Crippen molar-refractivity contribution < 1.29 is 0 Å². The first-order valence-corrected chi connectivity index (χ1v) is 8.73. The second-order valence-electron chi connectivity index (χ2n) is 5.21. The summed E-state index contributed by atoms with van der Waals surface area (Å²) in [7, 11) is 0. The van der Waals surface area contributed by atoms with Gasteiger partial charge in [0.2, 0.25) is 3.79 Å². The molecule has 0 fully saturated rings. The molecule has 0 saturated carbocycles. The number of hydrogen-bond donors (Lipinski definition) is 2. The van der Waals surface area contributed by atoms with E-state index >= 15 is 0 Å². The topological polar surface area (TPSA) is 88.5 Å². The number of azo groups is 1. The lowest BCUT2D eigenvalue weighted by Crippen LogP contribution is -2.13. The summed E-state index contributed by atoms with van der Waals surface area (Å²) in [6, 6.07) is 13.5. The Labute approximate surface area is 168 Å². The number of alkyl halides is 3. The zero-order chi connectivity index (χ0) is 18.9. The standard InChI is InChI=1S/C16H11Cl4N5O/c17-12-7-6-9(8-11(12)16(18,19)20)22-23-13-14(21)24-25(15(13)26)10-4-2-1-3-5-10/h1-8,24H,21H2. The predicted molar refractivity (Wildman–Crippen MR) is 106 cm³/mol. The van der Waals surface area contributed by atoms with Crippen LogP contribution >= 0.6 is 46.4 Å². The maximum atomic E-state index is 12.5. The number of para-hydroxylation sites is 1. The van der Waals surface area contributed by atoms with Gasteiger partial charge in [0.1, 0.15) is 5.82 Å². The van der Waals surface area contributed by atoms with Crippen LogP contribution in [0, 0.1) is 0 Å². The highest BCUT2D eigenvalue weighted by Crippen LogP contribution is 2.43. The fraction of sp³-hybridized carbons (Fsp3) is 0.0625. The normalized spacial score (nSPS) is 12.0. The van der Waals surface area contributed by atoms with Crippen LogP contribution in [-0.4, -0.2) is 9.78 Å². The van der Waals surface area contributed by atoms with Gasteiger partial charge in [-0.1, -0.05) is 64.6 Å². The Bertz CT molecular complexity index is 1020. The fourth-order valence-electron chi connectivity index (χ4n) is 2.20. The van der Waals surface area contributed by atoms with Gasteiger partial charge in [0.15, 0.2) is 5.69 Å². The molecule has 10 heteroatoms. The molecule has 0 bridgehead atoms. The Morgan fingerprint density at radius 3 is 2.38 bits per heavy atom. The molecule has 0 spiro atoms. The van der Waals surface area contributed by atoms with Crippen molar-refractivity contribution in [2.24, 2.45) is 10.2 Å². The number of H-pyrrole nitrogens is 1. The van der Waals surface area contributed by atoms with Crippen LogP contribution in [-0.2, 0) is 3.79 Å². The van der Waals surface area contributed by atoms with Crippen molar-refractivity contribution in [3.05, 3.63) is 69.5 Å². The van der Waals surface area contributed by atoms with Gasteiger partial charge in [0.25, 0.3) is 0 Å². The van der Waals surface area contributed by atoms with Crippen LogP contribution in [0.5, 0.6) is 0 Å². The zero-order valence-electron chi connectivity index (χ0n) is 13.0. The third-order valence-electron chi connectivity index (χ3n) is 3.43. The zero-order valence-corrected chi connectivity index (χ0v) is 16.0. The van der Waals surface area contributed by atoms with E-state index in [0.717, 1.165) is 0 Å². The molecule has 0 aliphatic heterocycles. The van der Waals surface area contributed by atoms with Crippen LogP contribution in [0.1, 0.15) is 5.56 Å². The largest absolute Gasteiger partial charge is 0.382 e. The van der Waals surface area contributed by atoms with E-state index in [0.29, 0.717) is 11.4 Å². The first-order valence-electron chi connectivity index (χ1n) is 7.22. The molecule has 1 heterocycles. The minimum absolute atomic E-state index is 0.0285. The van der Waals surface area contributed by atoms with Crippen molar-refractivity contribution in [1.29, 1.82) is 0 Å². The smallest absolute Gasteiger partial charge is 0.301 e. The third kappa shape index (κ3) is 3.88. The molecular formula is C16H11Cl4N5O. The maximum Gasteiger partial charge on any atom is 0.301 e. The van der Waals surface area contributed by atoms with E-state index in [1.54, 1.807) is 30.3 Å². The molecule has 1 aromatic heterocycles. The second kappa shape index (κ2) is 7.32. The summed E-state index contributed by atoms with van der Waals surface area (Å²) in [5, 5.41) is 11.0. The van der Waals surface area contributed by atoms with Gasteiger partial charge in [0, 0.05) is 10.6 Å². The van der Waals surface area contributed by atoms with E-state index in [-0.39, 0.29) is 22.1 Å². The lowest BCUT2D eigenvalue weighted by molar-refractivity contribution is 0.853. The van der Waals surface area contributed by atoms with Crippen LogP contribution in [0.15, 0.2) is 63.6 Å². The summed E-state index contributed by atoms with van der Waals surface area (Å²) in [6.45, 7) is 0. The minimum atomic E-state index is -1.71. The summed E-state index contributed by atoms with van der Waals surface area (Å²) in [6.07, 6.45) is 0. The number of nitrogens with two attached hydrogens (primary N) is 1. The summed E-state index contributed by atoms with van der Waals surface area (Å²) in [4.78, 5) is 12.5. The molecule has 0 atom stereocenters. The Balaban J connectivity index is 1.98. The average molecular weight is 431 g/mol. The summed E-state index contributed by atoms with van der Waals surface area (Å²) in [5.74, 6) is 0.0816. The molecule has 26 heavy (non-hydrogen) atoms. The lowest BCUT2D eigenvalue weighted by Gasteiger charge is -2.13. The maximum absolute atomic E-state index is 12.5. The monoisotopic (exact) mass is 429 g/mol. The molecule has 3 rings (SSSR count). The SMILES string of the molecule is Nc1[nH]n(-c2ccccc2)c(=O)c1N=Nc1ccc(Cl)c(C(Cl)(Cl)Cl)c1. The number of nitrogens with one attached hydrogen (secondary N) is 1. The molecule has 0 aliphatic carbocycles. The Kier molecular flexibility index (Phi) is 5.29. The number of anilines is 1. The van der Waals surface area contributed by atoms with E-state index in [2.05, 4.69) is 15.3 Å². The van der Waals surface area contributed by atoms with Gasteiger partial charge < -0.3 is 5.73 Å². The van der Waals surface area contributed by atoms with Crippen molar-refractivity contribution in [2.75, 3.05) is 5.73 Å². The van der Waals surface area contributed by atoms with Crippen LogP contribution in [0.4, 0.5) is 17.2 Å². The molecule has 0 radical (unpaired) electrons. The van der Waals surface area contributed by atoms with E-state index in [4.69, 9.17) is 52.1 Å². The number of nitrogen functional groups attached to an aromatic ring is 1. The van der Waals surface area contributed by atoms with E-state index < -0.39 is 9.35 Å². The van der Waals surface area contributed by atoms with Gasteiger partial charge in [-0.05, 0) is 30.3 Å². The number of nitrogens with zero attached hydrogens (tertiary/aromatic N) is 3. The Hall–Kier alpha value is -1.99. The summed E-state index contributed by atoms with van der Waals surface area (Å²) in [5.41, 5.74) is 6.61. The fourth-order valence-corrected chi connectivity index (χ4v) is 3.07. The molecular weight excluding hydrogens is 420 g/mol. The molecule has 134 valence electrons.